The fourth-order valence-electron chi connectivity index (χ4n) is 4.11. The summed E-state index contributed by atoms with van der Waals surface area (Å²) in [7, 11) is 2.12. The summed E-state index contributed by atoms with van der Waals surface area (Å²) in [5, 5.41) is 3.94. The molecule has 3 rings (SSSR count). The van der Waals surface area contributed by atoms with Crippen molar-refractivity contribution in [1.82, 2.24) is 15.0 Å². The number of hydrogen-bond donors (Lipinski definition) is 0. The fourth-order valence-corrected chi connectivity index (χ4v) is 4.11. The Labute approximate surface area is 167 Å². The van der Waals surface area contributed by atoms with Crippen molar-refractivity contribution in [3.05, 3.63) is 46.6 Å². The second-order valence-corrected chi connectivity index (χ2v) is 7.72. The summed E-state index contributed by atoms with van der Waals surface area (Å²) < 4.78 is 5.21. The second-order valence-electron chi connectivity index (χ2n) is 7.72. The van der Waals surface area contributed by atoms with Crippen LogP contribution in [-0.4, -0.2) is 47.1 Å². The number of carbonyl (C=O) groups excluding carboxylic acids is 1. The Morgan fingerprint density at radius 1 is 1.32 bits per heavy atom. The van der Waals surface area contributed by atoms with Crippen LogP contribution in [0.2, 0.25) is 0 Å². The van der Waals surface area contributed by atoms with E-state index in [9.17, 15) is 4.79 Å². The summed E-state index contributed by atoms with van der Waals surface area (Å²) in [6.07, 6.45) is 6.97. The molecule has 0 spiro atoms. The third-order valence-electron chi connectivity index (χ3n) is 5.83. The summed E-state index contributed by atoms with van der Waals surface area (Å²) in [4.78, 5) is 21.8. The lowest BCUT2D eigenvalue weighted by molar-refractivity contribution is 0.0667. The van der Waals surface area contributed by atoms with Crippen molar-refractivity contribution in [2.24, 2.45) is 5.92 Å². The summed E-state index contributed by atoms with van der Waals surface area (Å²) in [6.45, 7) is 11.4. The highest BCUT2D eigenvalue weighted by atomic mass is 16.5. The van der Waals surface area contributed by atoms with E-state index in [2.05, 4.69) is 41.2 Å². The first-order valence-corrected chi connectivity index (χ1v) is 9.88. The molecule has 0 aliphatic carbocycles. The molecule has 1 fully saturated rings. The Morgan fingerprint density at radius 2 is 2.07 bits per heavy atom. The van der Waals surface area contributed by atoms with Gasteiger partial charge in [-0.15, -0.1) is 0 Å². The standard InChI is InChI=1S/C22H30N4O2/c1-7-8-18-15(3)23-11-9-19(18)25(6)20-13-26(12-10-14(20)2)22(27)21-16(4)24-28-17(21)5/h7-9,11,14,20H,10,12-13H2,1-6H3/b8-7-/t14-,20?/m1/s1. The van der Waals surface area contributed by atoms with E-state index >= 15 is 0 Å². The van der Waals surface area contributed by atoms with Crippen LogP contribution in [0.3, 0.4) is 0 Å². The molecule has 2 aromatic heterocycles. The van der Waals surface area contributed by atoms with E-state index < -0.39 is 0 Å². The Balaban J connectivity index is 1.88. The summed E-state index contributed by atoms with van der Waals surface area (Å²) >= 11 is 0. The molecule has 1 unspecified atom stereocenters. The molecule has 0 saturated carbocycles. The molecular weight excluding hydrogens is 352 g/mol. The number of nitrogens with zero attached hydrogens (tertiary/aromatic N) is 4. The molecule has 2 aromatic rings. The lowest BCUT2D eigenvalue weighted by Gasteiger charge is -2.43. The second kappa shape index (κ2) is 8.17. The van der Waals surface area contributed by atoms with Gasteiger partial charge in [0.15, 0.2) is 0 Å². The van der Waals surface area contributed by atoms with Gasteiger partial charge in [0, 0.05) is 49.3 Å². The van der Waals surface area contributed by atoms with Crippen molar-refractivity contribution in [2.45, 2.75) is 47.1 Å². The van der Waals surface area contributed by atoms with E-state index in [-0.39, 0.29) is 11.9 Å². The fraction of sp³-hybridized carbons (Fsp3) is 0.500. The summed E-state index contributed by atoms with van der Waals surface area (Å²) in [6, 6.07) is 2.29. The number of aryl methyl sites for hydroxylation is 3. The van der Waals surface area contributed by atoms with Crippen molar-refractivity contribution in [3.8, 4) is 0 Å². The Morgan fingerprint density at radius 3 is 2.71 bits per heavy atom. The highest BCUT2D eigenvalue weighted by molar-refractivity contribution is 5.96. The molecule has 28 heavy (non-hydrogen) atoms. The molecular formula is C22H30N4O2. The Hall–Kier alpha value is -2.63. The van der Waals surface area contributed by atoms with Crippen LogP contribution in [0.25, 0.3) is 6.08 Å². The van der Waals surface area contributed by atoms with Gasteiger partial charge < -0.3 is 14.3 Å². The molecule has 3 heterocycles. The van der Waals surface area contributed by atoms with Gasteiger partial charge >= 0.3 is 0 Å². The van der Waals surface area contributed by atoms with Crippen LogP contribution in [0, 0.1) is 26.7 Å². The molecule has 6 heteroatoms. The molecule has 6 nitrogen and oxygen atoms in total. The van der Waals surface area contributed by atoms with Crippen LogP contribution >= 0.6 is 0 Å². The smallest absolute Gasteiger partial charge is 0.259 e. The van der Waals surface area contributed by atoms with Gasteiger partial charge in [-0.1, -0.05) is 24.2 Å². The molecule has 0 radical (unpaired) electrons. The SMILES string of the molecule is C/C=C\c1c(N(C)C2CN(C(=O)c3c(C)noc3C)CC[C@H]2C)ccnc1C. The molecule has 1 amide bonds. The van der Waals surface area contributed by atoms with Gasteiger partial charge in [0.1, 0.15) is 11.3 Å². The Kier molecular flexibility index (Phi) is 5.87. The lowest BCUT2D eigenvalue weighted by atomic mass is 9.91. The van der Waals surface area contributed by atoms with Crippen LogP contribution in [-0.2, 0) is 0 Å². The van der Waals surface area contributed by atoms with Crippen LogP contribution in [0.1, 0.15) is 53.3 Å². The monoisotopic (exact) mass is 382 g/mol. The van der Waals surface area contributed by atoms with Crippen molar-refractivity contribution in [2.75, 3.05) is 25.0 Å². The number of piperidine rings is 1. The van der Waals surface area contributed by atoms with Gasteiger partial charge in [0.2, 0.25) is 0 Å². The van der Waals surface area contributed by atoms with Crippen molar-refractivity contribution in [1.29, 1.82) is 0 Å². The summed E-state index contributed by atoms with van der Waals surface area (Å²) in [5.41, 5.74) is 4.55. The van der Waals surface area contributed by atoms with Gasteiger partial charge in [-0.05, 0) is 46.1 Å². The number of aromatic nitrogens is 2. The average Bonchev–Trinajstić information content (AvgIpc) is 3.01. The molecule has 0 N–H and O–H groups in total. The molecule has 2 atom stereocenters. The van der Waals surface area contributed by atoms with Crippen molar-refractivity contribution < 1.29 is 9.32 Å². The van der Waals surface area contributed by atoms with Crippen LogP contribution in [0.4, 0.5) is 5.69 Å². The molecule has 1 saturated heterocycles. The van der Waals surface area contributed by atoms with Gasteiger partial charge in [0.05, 0.1) is 5.69 Å². The quantitative estimate of drug-likeness (QED) is 0.799. The largest absolute Gasteiger partial charge is 0.369 e. The number of likely N-dealkylation sites (N-methyl/N-ethyl adjacent to an activating group) is 1. The van der Waals surface area contributed by atoms with Gasteiger partial charge in [-0.2, -0.15) is 0 Å². The number of anilines is 1. The molecule has 1 aliphatic rings. The highest BCUT2D eigenvalue weighted by Gasteiger charge is 2.34. The number of likely N-dealkylation sites (tertiary alicyclic amines) is 1. The third-order valence-corrected chi connectivity index (χ3v) is 5.83. The number of allylic oxidation sites excluding steroid dienone is 1. The molecule has 0 bridgehead atoms. The zero-order valence-corrected chi connectivity index (χ0v) is 17.7. The molecule has 0 aromatic carbocycles. The van der Waals surface area contributed by atoms with Crippen LogP contribution in [0.5, 0.6) is 0 Å². The zero-order chi connectivity index (χ0) is 20.4. The number of hydrogen-bond acceptors (Lipinski definition) is 5. The van der Waals surface area contributed by atoms with E-state index in [0.717, 1.165) is 29.9 Å². The number of carbonyl (C=O) groups is 1. The minimum atomic E-state index is 0.0149. The van der Waals surface area contributed by atoms with E-state index in [1.807, 2.05) is 37.9 Å². The normalized spacial score (nSPS) is 20.0. The predicted octanol–water partition coefficient (Wildman–Crippen LogP) is 4.01. The van der Waals surface area contributed by atoms with E-state index in [1.165, 1.54) is 0 Å². The lowest BCUT2D eigenvalue weighted by Crippen LogP contribution is -2.53. The van der Waals surface area contributed by atoms with Crippen molar-refractivity contribution in [3.63, 3.8) is 0 Å². The van der Waals surface area contributed by atoms with Crippen LogP contribution in [0.15, 0.2) is 22.9 Å². The minimum Gasteiger partial charge on any atom is -0.369 e. The van der Waals surface area contributed by atoms with Gasteiger partial charge in [-0.3, -0.25) is 9.78 Å². The van der Waals surface area contributed by atoms with E-state index in [1.54, 1.807) is 6.92 Å². The molecule has 150 valence electrons. The maximum atomic E-state index is 13.1. The minimum absolute atomic E-state index is 0.0149. The zero-order valence-electron chi connectivity index (χ0n) is 17.7. The number of amides is 1. The first-order valence-electron chi connectivity index (χ1n) is 9.88. The van der Waals surface area contributed by atoms with Crippen molar-refractivity contribution >= 4 is 17.7 Å². The summed E-state index contributed by atoms with van der Waals surface area (Å²) in [5.74, 6) is 1.08. The Bertz CT molecular complexity index is 867. The number of pyridine rings is 1. The predicted molar refractivity (Wildman–Crippen MR) is 112 cm³/mol. The molecule has 1 aliphatic heterocycles. The third kappa shape index (κ3) is 3.68. The average molecular weight is 383 g/mol. The van der Waals surface area contributed by atoms with Crippen LogP contribution < -0.4 is 4.90 Å². The first-order chi connectivity index (χ1) is 13.3. The van der Waals surface area contributed by atoms with Gasteiger partial charge in [0.25, 0.3) is 5.91 Å². The van der Waals surface area contributed by atoms with Gasteiger partial charge in [-0.25, -0.2) is 0 Å². The van der Waals surface area contributed by atoms with E-state index in [0.29, 0.717) is 29.5 Å². The van der Waals surface area contributed by atoms with E-state index in [4.69, 9.17) is 4.52 Å². The number of rotatable bonds is 4. The first kappa shape index (κ1) is 20.1. The highest BCUT2D eigenvalue weighted by Crippen LogP contribution is 2.30. The maximum Gasteiger partial charge on any atom is 0.259 e. The maximum absolute atomic E-state index is 13.1. The topological polar surface area (TPSA) is 62.5 Å².